The minimum Gasteiger partial charge on any atom is -0.368 e. The van der Waals surface area contributed by atoms with Crippen LogP contribution < -0.4 is 10.2 Å². The summed E-state index contributed by atoms with van der Waals surface area (Å²) >= 11 is 0. The second-order valence-electron chi connectivity index (χ2n) is 4.94. The molecule has 86 valence electrons. The summed E-state index contributed by atoms with van der Waals surface area (Å²) in [6, 6.07) is 7.78. The topological polar surface area (TPSA) is 32.3 Å². The van der Waals surface area contributed by atoms with Gasteiger partial charge in [0.25, 0.3) is 0 Å². The number of nitrogens with zero attached hydrogens (tertiary/aromatic N) is 1. The molecule has 16 heavy (non-hydrogen) atoms. The van der Waals surface area contributed by atoms with E-state index in [0.29, 0.717) is 0 Å². The molecule has 1 aliphatic rings. The number of carbonyl (C=O) groups excluding carboxylic acids is 1. The van der Waals surface area contributed by atoms with E-state index in [1.165, 1.54) is 5.69 Å². The Hall–Kier alpha value is -1.35. The molecule has 1 aromatic rings. The number of aldehydes is 1. The third-order valence-electron chi connectivity index (χ3n) is 2.97. The normalized spacial score (nSPS) is 19.5. The van der Waals surface area contributed by atoms with Crippen molar-refractivity contribution in [3.05, 3.63) is 29.8 Å². The fourth-order valence-corrected chi connectivity index (χ4v) is 2.13. The van der Waals surface area contributed by atoms with Gasteiger partial charge in [0.05, 0.1) is 0 Å². The number of rotatable bonds is 2. The van der Waals surface area contributed by atoms with Gasteiger partial charge < -0.3 is 10.2 Å². The maximum Gasteiger partial charge on any atom is 0.150 e. The maximum absolute atomic E-state index is 10.6. The minimum absolute atomic E-state index is 0.154. The molecule has 0 radical (unpaired) electrons. The molecule has 0 spiro atoms. The molecule has 0 amide bonds. The Morgan fingerprint density at radius 1 is 1.31 bits per heavy atom. The largest absolute Gasteiger partial charge is 0.368 e. The molecular formula is C13H18N2O. The van der Waals surface area contributed by atoms with Crippen molar-refractivity contribution in [1.82, 2.24) is 5.32 Å². The highest BCUT2D eigenvalue weighted by molar-refractivity contribution is 5.75. The fourth-order valence-electron chi connectivity index (χ4n) is 2.13. The second kappa shape index (κ2) is 4.26. The highest BCUT2D eigenvalue weighted by Crippen LogP contribution is 2.19. The maximum atomic E-state index is 10.6. The lowest BCUT2D eigenvalue weighted by atomic mass is 10.0. The molecule has 1 heterocycles. The molecule has 3 heteroatoms. The number of nitrogens with one attached hydrogen (secondary N) is 1. The number of piperazine rings is 1. The van der Waals surface area contributed by atoms with Crippen molar-refractivity contribution in [1.29, 1.82) is 0 Å². The van der Waals surface area contributed by atoms with Gasteiger partial charge in [0, 0.05) is 36.4 Å². The fraction of sp³-hybridized carbons (Fsp3) is 0.462. The summed E-state index contributed by atoms with van der Waals surface area (Å²) in [5, 5.41) is 3.48. The number of hydrogen-bond acceptors (Lipinski definition) is 3. The van der Waals surface area contributed by atoms with E-state index < -0.39 is 0 Å². The highest BCUT2D eigenvalue weighted by atomic mass is 16.1. The average Bonchev–Trinajstić information content (AvgIpc) is 2.28. The van der Waals surface area contributed by atoms with E-state index in [9.17, 15) is 4.79 Å². The molecule has 0 unspecified atom stereocenters. The van der Waals surface area contributed by atoms with Crippen molar-refractivity contribution in [3.63, 3.8) is 0 Å². The zero-order valence-corrected chi connectivity index (χ0v) is 9.86. The first-order valence-electron chi connectivity index (χ1n) is 5.66. The summed E-state index contributed by atoms with van der Waals surface area (Å²) in [6.45, 7) is 7.43. The Kier molecular flexibility index (Phi) is 2.97. The first kappa shape index (κ1) is 11.1. The van der Waals surface area contributed by atoms with Crippen LogP contribution in [-0.2, 0) is 0 Å². The molecule has 0 bridgehead atoms. The van der Waals surface area contributed by atoms with Crippen LogP contribution in [0.3, 0.4) is 0 Å². The molecule has 0 aromatic heterocycles. The van der Waals surface area contributed by atoms with Crippen LogP contribution in [0.1, 0.15) is 24.2 Å². The Morgan fingerprint density at radius 2 is 2.00 bits per heavy atom. The zero-order valence-electron chi connectivity index (χ0n) is 9.86. The minimum atomic E-state index is 0.154. The van der Waals surface area contributed by atoms with Crippen LogP contribution in [0.4, 0.5) is 5.69 Å². The lowest BCUT2D eigenvalue weighted by Gasteiger charge is -2.40. The molecule has 1 aliphatic heterocycles. The van der Waals surface area contributed by atoms with Crippen LogP contribution in [0.25, 0.3) is 0 Å². The van der Waals surface area contributed by atoms with Crippen LogP contribution in [-0.4, -0.2) is 31.5 Å². The van der Waals surface area contributed by atoms with E-state index in [2.05, 4.69) is 24.1 Å². The summed E-state index contributed by atoms with van der Waals surface area (Å²) < 4.78 is 0. The third kappa shape index (κ3) is 2.42. The van der Waals surface area contributed by atoms with E-state index in [1.54, 1.807) is 0 Å². The first-order chi connectivity index (χ1) is 7.61. The number of carbonyl (C=O) groups is 1. The van der Waals surface area contributed by atoms with Gasteiger partial charge in [-0.25, -0.2) is 0 Å². The predicted octanol–water partition coefficient (Wildman–Crippen LogP) is 1.69. The van der Waals surface area contributed by atoms with Gasteiger partial charge in [-0.2, -0.15) is 0 Å². The molecule has 1 fully saturated rings. The Labute approximate surface area is 96.5 Å². The molecule has 1 aromatic carbocycles. The van der Waals surface area contributed by atoms with Gasteiger partial charge in [-0.05, 0) is 38.1 Å². The first-order valence-corrected chi connectivity index (χ1v) is 5.66. The van der Waals surface area contributed by atoms with E-state index >= 15 is 0 Å². The van der Waals surface area contributed by atoms with Gasteiger partial charge in [-0.1, -0.05) is 0 Å². The lowest BCUT2D eigenvalue weighted by Crippen LogP contribution is -2.57. The summed E-state index contributed by atoms with van der Waals surface area (Å²) in [6.07, 6.45) is 0.880. The summed E-state index contributed by atoms with van der Waals surface area (Å²) in [5.41, 5.74) is 2.08. The summed E-state index contributed by atoms with van der Waals surface area (Å²) in [4.78, 5) is 12.9. The second-order valence-corrected chi connectivity index (χ2v) is 4.94. The summed E-state index contributed by atoms with van der Waals surface area (Å²) in [5.74, 6) is 0. The Bertz CT molecular complexity index is 370. The van der Waals surface area contributed by atoms with Crippen molar-refractivity contribution in [2.75, 3.05) is 24.5 Å². The van der Waals surface area contributed by atoms with Crippen molar-refractivity contribution < 1.29 is 4.79 Å². The van der Waals surface area contributed by atoms with E-state index in [4.69, 9.17) is 0 Å². The van der Waals surface area contributed by atoms with Crippen LogP contribution in [0.2, 0.25) is 0 Å². The van der Waals surface area contributed by atoms with Gasteiger partial charge in [-0.15, -0.1) is 0 Å². The van der Waals surface area contributed by atoms with Crippen molar-refractivity contribution in [2.45, 2.75) is 19.4 Å². The van der Waals surface area contributed by atoms with Crippen molar-refractivity contribution >= 4 is 12.0 Å². The molecule has 2 rings (SSSR count). The Morgan fingerprint density at radius 3 is 2.56 bits per heavy atom. The third-order valence-corrected chi connectivity index (χ3v) is 2.97. The summed E-state index contributed by atoms with van der Waals surface area (Å²) in [7, 11) is 0. The Balaban J connectivity index is 2.14. The standard InChI is InChI=1S/C13H18N2O/c1-13(2)10-15(8-7-14-13)12-5-3-11(9-16)4-6-12/h3-6,9,14H,7-8,10H2,1-2H3. The molecular weight excluding hydrogens is 200 g/mol. The van der Waals surface area contributed by atoms with E-state index in [0.717, 1.165) is 31.5 Å². The average molecular weight is 218 g/mol. The van der Waals surface area contributed by atoms with E-state index in [1.807, 2.05) is 24.3 Å². The van der Waals surface area contributed by atoms with Crippen LogP contribution in [0.15, 0.2) is 24.3 Å². The monoisotopic (exact) mass is 218 g/mol. The van der Waals surface area contributed by atoms with Gasteiger partial charge in [0.15, 0.2) is 0 Å². The SMILES string of the molecule is CC1(C)CN(c2ccc(C=O)cc2)CCN1. The number of hydrogen-bond donors (Lipinski definition) is 1. The van der Waals surface area contributed by atoms with Gasteiger partial charge in [-0.3, -0.25) is 4.79 Å². The van der Waals surface area contributed by atoms with Crippen LogP contribution in [0.5, 0.6) is 0 Å². The van der Waals surface area contributed by atoms with Gasteiger partial charge >= 0.3 is 0 Å². The van der Waals surface area contributed by atoms with Crippen molar-refractivity contribution in [3.8, 4) is 0 Å². The molecule has 1 saturated heterocycles. The predicted molar refractivity (Wildman–Crippen MR) is 66.1 cm³/mol. The van der Waals surface area contributed by atoms with Gasteiger partial charge in [0.2, 0.25) is 0 Å². The molecule has 0 aliphatic carbocycles. The molecule has 1 N–H and O–H groups in total. The number of benzene rings is 1. The highest BCUT2D eigenvalue weighted by Gasteiger charge is 2.25. The smallest absolute Gasteiger partial charge is 0.150 e. The lowest BCUT2D eigenvalue weighted by molar-refractivity contribution is 0.112. The molecule has 0 atom stereocenters. The van der Waals surface area contributed by atoms with Crippen LogP contribution >= 0.6 is 0 Å². The zero-order chi connectivity index (χ0) is 11.6. The van der Waals surface area contributed by atoms with Crippen LogP contribution in [0, 0.1) is 0 Å². The molecule has 0 saturated carbocycles. The quantitative estimate of drug-likeness (QED) is 0.767. The van der Waals surface area contributed by atoms with E-state index in [-0.39, 0.29) is 5.54 Å². The number of anilines is 1. The molecule has 3 nitrogen and oxygen atoms in total. The van der Waals surface area contributed by atoms with Crippen molar-refractivity contribution in [2.24, 2.45) is 0 Å². The van der Waals surface area contributed by atoms with Gasteiger partial charge in [0.1, 0.15) is 6.29 Å².